The molecule has 2 aromatic rings. The Morgan fingerprint density at radius 1 is 0.950 bits per heavy atom. The van der Waals surface area contributed by atoms with Gasteiger partial charge in [-0.3, -0.25) is 0 Å². The molecule has 2 rings (SSSR count). The number of rotatable bonds is 7. The van der Waals surface area contributed by atoms with Crippen LogP contribution < -0.4 is 5.32 Å². The van der Waals surface area contributed by atoms with E-state index in [2.05, 4.69) is 41.7 Å². The largest absolute Gasteiger partial charge is 0.396 e. The summed E-state index contributed by atoms with van der Waals surface area (Å²) in [6.07, 6.45) is 4.93. The van der Waals surface area contributed by atoms with Crippen molar-refractivity contribution in [3.63, 3.8) is 0 Å². The molecule has 0 amide bonds. The number of hydrogen-bond donors (Lipinski definition) is 2. The molecule has 0 aliphatic rings. The summed E-state index contributed by atoms with van der Waals surface area (Å²) < 4.78 is 0. The molecule has 0 aromatic heterocycles. The Balaban J connectivity index is 1.92. The standard InChI is InChI=1S/C18H21NO/c20-14-13-18(12-11-16-7-3-1-4-8-16)19-15-17-9-5-2-6-10-17/h1-12,18-20H,13-15H2/b12-11+. The first-order valence-electron chi connectivity index (χ1n) is 7.00. The molecule has 0 spiro atoms. The van der Waals surface area contributed by atoms with Crippen LogP contribution >= 0.6 is 0 Å². The van der Waals surface area contributed by atoms with Crippen LogP contribution in [0, 0.1) is 0 Å². The predicted molar refractivity (Wildman–Crippen MR) is 84.2 cm³/mol. The maximum Gasteiger partial charge on any atom is 0.0448 e. The second kappa shape index (κ2) is 8.31. The van der Waals surface area contributed by atoms with Crippen LogP contribution in [0.1, 0.15) is 17.5 Å². The molecule has 2 aromatic carbocycles. The zero-order valence-electron chi connectivity index (χ0n) is 11.6. The van der Waals surface area contributed by atoms with Gasteiger partial charge in [0.2, 0.25) is 0 Å². The van der Waals surface area contributed by atoms with Crippen LogP contribution in [0.15, 0.2) is 66.7 Å². The molecule has 0 saturated carbocycles. The Bertz CT molecular complexity index is 507. The van der Waals surface area contributed by atoms with E-state index in [1.165, 1.54) is 11.1 Å². The van der Waals surface area contributed by atoms with E-state index in [-0.39, 0.29) is 12.6 Å². The molecule has 1 unspecified atom stereocenters. The maximum absolute atomic E-state index is 9.16. The summed E-state index contributed by atoms with van der Waals surface area (Å²) in [4.78, 5) is 0. The summed E-state index contributed by atoms with van der Waals surface area (Å²) in [5.74, 6) is 0. The zero-order valence-corrected chi connectivity index (χ0v) is 11.6. The SMILES string of the molecule is OCCC(/C=C/c1ccccc1)NCc1ccccc1. The minimum absolute atomic E-state index is 0.181. The van der Waals surface area contributed by atoms with Crippen LogP contribution in [-0.2, 0) is 6.54 Å². The molecule has 0 heterocycles. The van der Waals surface area contributed by atoms with E-state index in [1.54, 1.807) is 0 Å². The van der Waals surface area contributed by atoms with Crippen molar-refractivity contribution in [2.75, 3.05) is 6.61 Å². The lowest BCUT2D eigenvalue weighted by Crippen LogP contribution is -2.27. The molecular weight excluding hydrogens is 246 g/mol. The van der Waals surface area contributed by atoms with E-state index >= 15 is 0 Å². The van der Waals surface area contributed by atoms with E-state index in [0.717, 1.165) is 13.0 Å². The van der Waals surface area contributed by atoms with E-state index < -0.39 is 0 Å². The lowest BCUT2D eigenvalue weighted by atomic mass is 10.1. The molecule has 0 saturated heterocycles. The quantitative estimate of drug-likeness (QED) is 0.807. The number of aliphatic hydroxyl groups excluding tert-OH is 1. The Labute approximate surface area is 120 Å². The fourth-order valence-corrected chi connectivity index (χ4v) is 2.04. The van der Waals surface area contributed by atoms with Gasteiger partial charge >= 0.3 is 0 Å². The Hall–Kier alpha value is -1.90. The summed E-state index contributed by atoms with van der Waals surface area (Å²) in [6, 6.07) is 20.7. The smallest absolute Gasteiger partial charge is 0.0448 e. The van der Waals surface area contributed by atoms with Crippen LogP contribution in [0.25, 0.3) is 6.08 Å². The zero-order chi connectivity index (χ0) is 14.0. The number of benzene rings is 2. The second-order valence-corrected chi connectivity index (χ2v) is 4.76. The van der Waals surface area contributed by atoms with Gasteiger partial charge in [-0.05, 0) is 17.5 Å². The van der Waals surface area contributed by atoms with E-state index in [9.17, 15) is 0 Å². The first kappa shape index (κ1) is 14.5. The molecule has 0 aliphatic carbocycles. The summed E-state index contributed by atoms with van der Waals surface area (Å²) in [5.41, 5.74) is 2.43. The van der Waals surface area contributed by atoms with Gasteiger partial charge in [-0.25, -0.2) is 0 Å². The molecule has 20 heavy (non-hydrogen) atoms. The summed E-state index contributed by atoms with van der Waals surface area (Å²) in [6.45, 7) is 0.996. The van der Waals surface area contributed by atoms with Crippen LogP contribution in [0.3, 0.4) is 0 Å². The monoisotopic (exact) mass is 267 g/mol. The van der Waals surface area contributed by atoms with Crippen LogP contribution in [0.2, 0.25) is 0 Å². The van der Waals surface area contributed by atoms with Gasteiger partial charge in [0.1, 0.15) is 0 Å². The third-order valence-corrected chi connectivity index (χ3v) is 3.17. The summed E-state index contributed by atoms with van der Waals surface area (Å²) in [5, 5.41) is 12.6. The van der Waals surface area contributed by atoms with Gasteiger partial charge in [0.05, 0.1) is 0 Å². The molecular formula is C18H21NO. The maximum atomic E-state index is 9.16. The van der Waals surface area contributed by atoms with Gasteiger partial charge in [-0.15, -0.1) is 0 Å². The molecule has 0 bridgehead atoms. The highest BCUT2D eigenvalue weighted by Crippen LogP contribution is 2.05. The molecule has 2 heteroatoms. The van der Waals surface area contributed by atoms with Gasteiger partial charge < -0.3 is 10.4 Å². The third kappa shape index (κ3) is 5.00. The first-order valence-corrected chi connectivity index (χ1v) is 7.00. The molecule has 2 nitrogen and oxygen atoms in total. The number of aliphatic hydroxyl groups is 1. The first-order chi connectivity index (χ1) is 9.88. The van der Waals surface area contributed by atoms with Crippen molar-refractivity contribution >= 4 is 6.08 Å². The molecule has 1 atom stereocenters. The Morgan fingerprint density at radius 3 is 2.25 bits per heavy atom. The average molecular weight is 267 g/mol. The van der Waals surface area contributed by atoms with Crippen LogP contribution in [-0.4, -0.2) is 17.8 Å². The van der Waals surface area contributed by atoms with Crippen molar-refractivity contribution in [1.82, 2.24) is 5.32 Å². The van der Waals surface area contributed by atoms with Crippen molar-refractivity contribution in [1.29, 1.82) is 0 Å². The summed E-state index contributed by atoms with van der Waals surface area (Å²) >= 11 is 0. The highest BCUT2D eigenvalue weighted by molar-refractivity contribution is 5.49. The fourth-order valence-electron chi connectivity index (χ4n) is 2.04. The average Bonchev–Trinajstić information content (AvgIpc) is 2.52. The van der Waals surface area contributed by atoms with Gasteiger partial charge in [0, 0.05) is 19.2 Å². The lowest BCUT2D eigenvalue weighted by molar-refractivity contribution is 0.274. The Kier molecular flexibility index (Phi) is 6.03. The van der Waals surface area contributed by atoms with E-state index in [0.29, 0.717) is 0 Å². The topological polar surface area (TPSA) is 32.3 Å². The molecule has 2 N–H and O–H groups in total. The lowest BCUT2D eigenvalue weighted by Gasteiger charge is -2.14. The molecule has 0 aliphatic heterocycles. The van der Waals surface area contributed by atoms with E-state index in [4.69, 9.17) is 5.11 Å². The normalized spacial score (nSPS) is 12.7. The van der Waals surface area contributed by atoms with Gasteiger partial charge in [-0.1, -0.05) is 72.8 Å². The summed E-state index contributed by atoms with van der Waals surface area (Å²) in [7, 11) is 0. The number of hydrogen-bond acceptors (Lipinski definition) is 2. The second-order valence-electron chi connectivity index (χ2n) is 4.76. The minimum Gasteiger partial charge on any atom is -0.396 e. The van der Waals surface area contributed by atoms with Gasteiger partial charge in [0.15, 0.2) is 0 Å². The van der Waals surface area contributed by atoms with Crippen molar-refractivity contribution in [2.45, 2.75) is 19.0 Å². The molecule has 0 radical (unpaired) electrons. The number of nitrogens with one attached hydrogen (secondary N) is 1. The highest BCUT2D eigenvalue weighted by Gasteiger charge is 2.03. The van der Waals surface area contributed by atoms with E-state index in [1.807, 2.05) is 36.4 Å². The van der Waals surface area contributed by atoms with Gasteiger partial charge in [-0.2, -0.15) is 0 Å². The fraction of sp³-hybridized carbons (Fsp3) is 0.222. The Morgan fingerprint density at radius 2 is 1.60 bits per heavy atom. The third-order valence-electron chi connectivity index (χ3n) is 3.17. The molecule has 104 valence electrons. The van der Waals surface area contributed by atoms with Crippen molar-refractivity contribution < 1.29 is 5.11 Å². The van der Waals surface area contributed by atoms with Crippen LogP contribution in [0.5, 0.6) is 0 Å². The van der Waals surface area contributed by atoms with Crippen molar-refractivity contribution in [3.05, 3.63) is 77.9 Å². The van der Waals surface area contributed by atoms with Crippen molar-refractivity contribution in [3.8, 4) is 0 Å². The van der Waals surface area contributed by atoms with Crippen LogP contribution in [0.4, 0.5) is 0 Å². The van der Waals surface area contributed by atoms with Crippen molar-refractivity contribution in [2.24, 2.45) is 0 Å². The molecule has 0 fully saturated rings. The van der Waals surface area contributed by atoms with Gasteiger partial charge in [0.25, 0.3) is 0 Å². The highest BCUT2D eigenvalue weighted by atomic mass is 16.3. The minimum atomic E-state index is 0.181. The predicted octanol–water partition coefficient (Wildman–Crippen LogP) is 3.24.